The Bertz CT molecular complexity index is 1230. The zero-order valence-corrected chi connectivity index (χ0v) is 20.0. The Morgan fingerprint density at radius 2 is 1.85 bits per heavy atom. The van der Waals surface area contributed by atoms with Gasteiger partial charge >= 0.3 is 0 Å². The topological polar surface area (TPSA) is 32.3 Å². The molecule has 1 aliphatic rings. The molecule has 0 atom stereocenters. The largest absolute Gasteiger partial charge is 0.368 e. The summed E-state index contributed by atoms with van der Waals surface area (Å²) in [5, 5.41) is 4.24. The van der Waals surface area contributed by atoms with Gasteiger partial charge in [-0.25, -0.2) is 9.37 Å². The number of benzene rings is 2. The Kier molecular flexibility index (Phi) is 6.13. The highest BCUT2D eigenvalue weighted by Gasteiger charge is 2.24. The van der Waals surface area contributed by atoms with Crippen LogP contribution in [0.1, 0.15) is 31.5 Å². The molecule has 0 saturated carbocycles. The highest BCUT2D eigenvalue weighted by Crippen LogP contribution is 2.34. The van der Waals surface area contributed by atoms with E-state index >= 15 is 0 Å². The number of thiazole rings is 1. The molecule has 2 aromatic carbocycles. The van der Waals surface area contributed by atoms with E-state index in [1.807, 2.05) is 36.5 Å². The number of hydrogen-bond acceptors (Lipinski definition) is 5. The van der Waals surface area contributed by atoms with Gasteiger partial charge in [0, 0.05) is 55.3 Å². The molecule has 170 valence electrons. The van der Waals surface area contributed by atoms with Crippen molar-refractivity contribution < 1.29 is 4.39 Å². The smallest absolute Gasteiger partial charge is 0.130 e. The van der Waals surface area contributed by atoms with E-state index in [4.69, 9.17) is 4.98 Å². The summed E-state index contributed by atoms with van der Waals surface area (Å²) >= 11 is 1.71. The molecule has 0 spiro atoms. The quantitative estimate of drug-likeness (QED) is 0.351. The number of rotatable bonds is 5. The molecular formula is C27H29FN4S. The maximum Gasteiger partial charge on any atom is 0.130 e. The number of pyridine rings is 1. The van der Waals surface area contributed by atoms with Crippen LogP contribution in [0.15, 0.2) is 66.2 Å². The van der Waals surface area contributed by atoms with Gasteiger partial charge in [-0.3, -0.25) is 9.88 Å². The van der Waals surface area contributed by atoms with Crippen LogP contribution in [-0.4, -0.2) is 41.0 Å². The lowest BCUT2D eigenvalue weighted by Gasteiger charge is -2.26. The Hall–Kier alpha value is -2.83. The van der Waals surface area contributed by atoms with Crippen molar-refractivity contribution in [3.8, 4) is 10.6 Å². The van der Waals surface area contributed by atoms with Gasteiger partial charge in [0.05, 0.1) is 16.9 Å². The number of hydrogen-bond donors (Lipinski definition) is 0. The Morgan fingerprint density at radius 3 is 2.67 bits per heavy atom. The molecule has 4 aromatic rings. The summed E-state index contributed by atoms with van der Waals surface area (Å²) < 4.78 is 14.9. The summed E-state index contributed by atoms with van der Waals surface area (Å²) in [5.74, 6) is 0. The molecule has 1 saturated heterocycles. The van der Waals surface area contributed by atoms with Crippen molar-refractivity contribution in [1.82, 2.24) is 14.9 Å². The van der Waals surface area contributed by atoms with Gasteiger partial charge in [-0.05, 0) is 44.0 Å². The molecular weight excluding hydrogens is 431 g/mol. The molecule has 1 aliphatic heterocycles. The molecule has 3 heterocycles. The van der Waals surface area contributed by atoms with Crippen molar-refractivity contribution in [2.24, 2.45) is 0 Å². The van der Waals surface area contributed by atoms with Gasteiger partial charge in [0.2, 0.25) is 0 Å². The van der Waals surface area contributed by atoms with Crippen molar-refractivity contribution in [2.45, 2.75) is 32.5 Å². The predicted octanol–water partition coefficient (Wildman–Crippen LogP) is 6.28. The predicted molar refractivity (Wildman–Crippen MR) is 136 cm³/mol. The maximum atomic E-state index is 14.9. The molecule has 0 bridgehead atoms. The lowest BCUT2D eigenvalue weighted by atomic mass is 9.97. The van der Waals surface area contributed by atoms with E-state index in [-0.39, 0.29) is 0 Å². The number of alkyl halides is 1. The third-order valence-electron chi connectivity index (χ3n) is 6.26. The number of fused-ring (bicyclic) bond motifs is 1. The minimum absolute atomic E-state index is 0.704. The van der Waals surface area contributed by atoms with Crippen molar-refractivity contribution in [3.63, 3.8) is 0 Å². The van der Waals surface area contributed by atoms with Crippen LogP contribution in [0.2, 0.25) is 0 Å². The van der Waals surface area contributed by atoms with Gasteiger partial charge in [0.15, 0.2) is 0 Å². The number of nitrogens with zero attached hydrogens (tertiary/aromatic N) is 4. The average Bonchev–Trinajstić information content (AvgIpc) is 3.16. The summed E-state index contributed by atoms with van der Waals surface area (Å²) in [6, 6.07) is 18.2. The fourth-order valence-corrected chi connectivity index (χ4v) is 5.27. The van der Waals surface area contributed by atoms with Gasteiger partial charge in [-0.15, -0.1) is 11.3 Å². The van der Waals surface area contributed by atoms with Crippen LogP contribution < -0.4 is 4.90 Å². The lowest BCUT2D eigenvalue weighted by molar-refractivity contribution is 0.222. The summed E-state index contributed by atoms with van der Waals surface area (Å²) in [6.07, 6.45) is 2.87. The molecule has 2 aromatic heterocycles. The first-order chi connectivity index (χ1) is 16.0. The molecule has 5 rings (SSSR count). The lowest BCUT2D eigenvalue weighted by Crippen LogP contribution is -2.31. The average molecular weight is 461 g/mol. The summed E-state index contributed by atoms with van der Waals surface area (Å²) in [4.78, 5) is 14.4. The fourth-order valence-electron chi connectivity index (χ4n) is 4.45. The van der Waals surface area contributed by atoms with Crippen LogP contribution in [0, 0.1) is 0 Å². The molecule has 6 heteroatoms. The maximum absolute atomic E-state index is 14.9. The van der Waals surface area contributed by atoms with E-state index in [0.717, 1.165) is 66.4 Å². The highest BCUT2D eigenvalue weighted by atomic mass is 32.1. The van der Waals surface area contributed by atoms with E-state index < -0.39 is 5.67 Å². The van der Waals surface area contributed by atoms with Crippen molar-refractivity contribution in [2.75, 3.05) is 31.1 Å². The van der Waals surface area contributed by atoms with Crippen LogP contribution in [0.3, 0.4) is 0 Å². The van der Waals surface area contributed by atoms with Gasteiger partial charge < -0.3 is 4.90 Å². The Labute approximate surface area is 198 Å². The Morgan fingerprint density at radius 1 is 1.00 bits per heavy atom. The van der Waals surface area contributed by atoms with Gasteiger partial charge in [0.1, 0.15) is 10.7 Å². The van der Waals surface area contributed by atoms with E-state index in [2.05, 4.69) is 44.4 Å². The third-order valence-corrected chi connectivity index (χ3v) is 7.20. The van der Waals surface area contributed by atoms with E-state index in [9.17, 15) is 4.39 Å². The highest BCUT2D eigenvalue weighted by molar-refractivity contribution is 7.13. The van der Waals surface area contributed by atoms with E-state index in [0.29, 0.717) is 5.56 Å². The first-order valence-corrected chi connectivity index (χ1v) is 12.4. The van der Waals surface area contributed by atoms with Crippen molar-refractivity contribution >= 4 is 27.9 Å². The van der Waals surface area contributed by atoms with Gasteiger partial charge in [-0.2, -0.15) is 0 Å². The van der Waals surface area contributed by atoms with Crippen LogP contribution in [0.4, 0.5) is 10.1 Å². The SMILES string of the molecule is CC(C)(F)c1cc(N2CCCN(Cc3csc(-c4ccccc4)n3)CC2)c2ncccc2c1. The van der Waals surface area contributed by atoms with E-state index in [1.165, 1.54) is 5.56 Å². The number of halogens is 1. The first kappa shape index (κ1) is 22.0. The second kappa shape index (κ2) is 9.20. The minimum atomic E-state index is -1.39. The fraction of sp³-hybridized carbons (Fsp3) is 0.333. The molecule has 0 N–H and O–H groups in total. The molecule has 0 aliphatic carbocycles. The van der Waals surface area contributed by atoms with Crippen LogP contribution in [0.25, 0.3) is 21.5 Å². The standard InChI is InChI=1S/C27H29FN4S/c1-27(2,28)22-16-21-10-6-11-29-25(21)24(17-22)32-13-7-12-31(14-15-32)18-23-19-33-26(30-23)20-8-4-3-5-9-20/h3-6,8-11,16-17,19H,7,12-15,18H2,1-2H3. The van der Waals surface area contributed by atoms with Crippen LogP contribution >= 0.6 is 11.3 Å². The molecule has 33 heavy (non-hydrogen) atoms. The van der Waals surface area contributed by atoms with Gasteiger partial charge in [-0.1, -0.05) is 36.4 Å². The van der Waals surface area contributed by atoms with Crippen molar-refractivity contribution in [1.29, 1.82) is 0 Å². The third kappa shape index (κ3) is 4.92. The number of anilines is 1. The van der Waals surface area contributed by atoms with Crippen LogP contribution in [0.5, 0.6) is 0 Å². The zero-order chi connectivity index (χ0) is 22.8. The Balaban J connectivity index is 1.33. The minimum Gasteiger partial charge on any atom is -0.368 e. The molecule has 0 radical (unpaired) electrons. The summed E-state index contributed by atoms with van der Waals surface area (Å²) in [6.45, 7) is 7.88. The van der Waals surface area contributed by atoms with E-state index in [1.54, 1.807) is 25.2 Å². The summed E-state index contributed by atoms with van der Waals surface area (Å²) in [7, 11) is 0. The summed E-state index contributed by atoms with van der Waals surface area (Å²) in [5.41, 5.74) is 3.60. The molecule has 0 amide bonds. The molecule has 4 nitrogen and oxygen atoms in total. The van der Waals surface area contributed by atoms with Crippen LogP contribution in [-0.2, 0) is 12.2 Å². The monoisotopic (exact) mass is 460 g/mol. The van der Waals surface area contributed by atoms with Crippen molar-refractivity contribution in [3.05, 3.63) is 77.4 Å². The molecule has 1 fully saturated rings. The second-order valence-electron chi connectivity index (χ2n) is 9.17. The number of aromatic nitrogens is 2. The first-order valence-electron chi connectivity index (χ1n) is 11.5. The second-order valence-corrected chi connectivity index (χ2v) is 10.0. The molecule has 0 unspecified atom stereocenters. The zero-order valence-electron chi connectivity index (χ0n) is 19.2. The normalized spacial score (nSPS) is 15.7. The van der Waals surface area contributed by atoms with Gasteiger partial charge in [0.25, 0.3) is 0 Å².